The van der Waals surface area contributed by atoms with Crippen molar-refractivity contribution in [2.24, 2.45) is 32.5 Å². The summed E-state index contributed by atoms with van der Waals surface area (Å²) in [6.45, 7) is 32.5. The van der Waals surface area contributed by atoms with Crippen LogP contribution in [0.5, 0.6) is 0 Å². The molecule has 0 rings (SSSR count). The first-order valence-corrected chi connectivity index (χ1v) is 13.5. The van der Waals surface area contributed by atoms with Crippen molar-refractivity contribution in [2.75, 3.05) is 0 Å². The van der Waals surface area contributed by atoms with Crippen LogP contribution in [0.1, 0.15) is 125 Å². The minimum atomic E-state index is -0.457. The van der Waals surface area contributed by atoms with Gasteiger partial charge in [-0.3, -0.25) is 14.4 Å². The van der Waals surface area contributed by atoms with Gasteiger partial charge in [0.15, 0.2) is 17.3 Å². The normalized spacial score (nSPS) is 14.1. The third-order valence-corrected chi connectivity index (χ3v) is 5.22. The molecule has 0 spiro atoms. The van der Waals surface area contributed by atoms with Crippen molar-refractivity contribution < 1.29 is 68.3 Å². The Kier molecular flexibility index (Phi) is 19.0. The topological polar surface area (TPSA) is 120 Å². The molecule has 0 radical (unpaired) electrons. The third kappa shape index (κ3) is 21.6. The van der Waals surface area contributed by atoms with Crippen molar-refractivity contribution >= 4 is 17.3 Å². The number of hydrogen-bond donors (Lipinski definition) is 0. The molecule has 0 aliphatic carbocycles. The van der Waals surface area contributed by atoms with Gasteiger partial charge in [0, 0.05) is 16.2 Å². The first-order chi connectivity index (χ1) is 16.6. The van der Waals surface area contributed by atoms with E-state index in [1.54, 1.807) is 0 Å². The van der Waals surface area contributed by atoms with Gasteiger partial charge in [-0.2, -0.15) is 0 Å². The summed E-state index contributed by atoms with van der Waals surface area (Å²) in [5.41, 5.74) is -2.74. The van der Waals surface area contributed by atoms with Crippen molar-refractivity contribution in [3.63, 3.8) is 0 Å². The summed E-state index contributed by atoms with van der Waals surface area (Å²) in [6, 6.07) is 0. The Morgan fingerprint density at radius 2 is 0.475 bits per heavy atom. The average molecular weight is 709 g/mol. The SMILES string of the molecule is CC(C)(C)C(=O)/C=C(\[O-])C(C)(C)C.CC(C)(C)C(=O)/C=C(\[O-])C(C)(C)C.CC(C)(C)C(=O)/C=C(\[O-])C(C)(C)C.[Tb+3]. The van der Waals surface area contributed by atoms with Crippen LogP contribution in [0.15, 0.2) is 35.5 Å². The molecule has 234 valence electrons. The average Bonchev–Trinajstić information content (AvgIpc) is 2.64. The van der Waals surface area contributed by atoms with E-state index in [1.807, 2.05) is 125 Å². The Balaban J connectivity index is -0.000000240. The summed E-state index contributed by atoms with van der Waals surface area (Å²) >= 11 is 0. The van der Waals surface area contributed by atoms with E-state index in [0.29, 0.717) is 0 Å². The van der Waals surface area contributed by atoms with Crippen LogP contribution in [0.4, 0.5) is 0 Å². The first-order valence-electron chi connectivity index (χ1n) is 13.5. The van der Waals surface area contributed by atoms with Crippen LogP contribution >= 0.6 is 0 Å². The molecule has 0 aromatic heterocycles. The van der Waals surface area contributed by atoms with Crippen molar-refractivity contribution in [1.82, 2.24) is 0 Å². The number of allylic oxidation sites excluding steroid dienone is 6. The minimum absolute atomic E-state index is 0. The molecule has 0 saturated carbocycles. The van der Waals surface area contributed by atoms with Crippen LogP contribution in [-0.4, -0.2) is 17.3 Å². The Morgan fingerprint density at radius 3 is 0.550 bits per heavy atom. The van der Waals surface area contributed by atoms with E-state index in [9.17, 15) is 29.7 Å². The maximum atomic E-state index is 11.4. The number of carbonyl (C=O) groups excluding carboxylic acids is 3. The van der Waals surface area contributed by atoms with Gasteiger partial charge in [0.25, 0.3) is 0 Å². The molecule has 0 heterocycles. The molecule has 0 fully saturated rings. The zero-order valence-electron chi connectivity index (χ0n) is 28.5. The molecule has 0 unspecified atom stereocenters. The molecule has 0 aliphatic heterocycles. The molecule has 0 saturated heterocycles. The Bertz CT molecular complexity index is 801. The predicted octanol–water partition coefficient (Wildman–Crippen LogP) is 5.68. The van der Waals surface area contributed by atoms with Crippen LogP contribution in [-0.2, 0) is 14.4 Å². The van der Waals surface area contributed by atoms with Crippen LogP contribution < -0.4 is 15.3 Å². The second-order valence-corrected chi connectivity index (χ2v) is 16.1. The van der Waals surface area contributed by atoms with Gasteiger partial charge in [0.1, 0.15) is 0 Å². The fraction of sp³-hybridized carbons (Fsp3) is 0.727. The Labute approximate surface area is 276 Å². The van der Waals surface area contributed by atoms with Crippen molar-refractivity contribution in [2.45, 2.75) is 125 Å². The summed E-state index contributed by atoms with van der Waals surface area (Å²) in [4.78, 5) is 34.3. The molecule has 0 aliphatic rings. The number of hydrogen-bond acceptors (Lipinski definition) is 6. The van der Waals surface area contributed by atoms with Crippen LogP contribution in [0.25, 0.3) is 0 Å². The van der Waals surface area contributed by atoms with Crippen molar-refractivity contribution in [1.29, 1.82) is 0 Å². The zero-order valence-corrected chi connectivity index (χ0v) is 30.7. The van der Waals surface area contributed by atoms with E-state index in [4.69, 9.17) is 0 Å². The fourth-order valence-corrected chi connectivity index (χ4v) is 1.66. The van der Waals surface area contributed by atoms with E-state index in [1.165, 1.54) is 18.2 Å². The molecule has 0 bridgehead atoms. The van der Waals surface area contributed by atoms with Crippen LogP contribution in [0.3, 0.4) is 0 Å². The van der Waals surface area contributed by atoms with Gasteiger partial charge in [-0.25, -0.2) is 0 Å². The molecular weight excluding hydrogens is 651 g/mol. The summed E-state index contributed by atoms with van der Waals surface area (Å²) in [5, 5.41) is 34.3. The fourth-order valence-electron chi connectivity index (χ4n) is 1.66. The smallest absolute Gasteiger partial charge is 0.875 e. The van der Waals surface area contributed by atoms with Crippen LogP contribution in [0.2, 0.25) is 0 Å². The monoisotopic (exact) mass is 708 g/mol. The Morgan fingerprint density at radius 1 is 0.350 bits per heavy atom. The molecule has 0 N–H and O–H groups in total. The Hall–Kier alpha value is -1.08. The van der Waals surface area contributed by atoms with E-state index in [-0.39, 0.29) is 73.2 Å². The molecule has 0 amide bonds. The van der Waals surface area contributed by atoms with Gasteiger partial charge in [0.05, 0.1) is 0 Å². The summed E-state index contributed by atoms with van der Waals surface area (Å²) in [5.74, 6) is -0.625. The second-order valence-electron chi connectivity index (χ2n) is 16.1. The molecule has 7 heteroatoms. The van der Waals surface area contributed by atoms with Gasteiger partial charge >= 0.3 is 38.6 Å². The molecule has 0 aromatic carbocycles. The van der Waals surface area contributed by atoms with Crippen molar-refractivity contribution in [3.8, 4) is 0 Å². The number of carbonyl (C=O) groups is 3. The van der Waals surface area contributed by atoms with E-state index in [2.05, 4.69) is 0 Å². The maximum Gasteiger partial charge on any atom is 3.00 e. The molecule has 6 nitrogen and oxygen atoms in total. The van der Waals surface area contributed by atoms with Crippen molar-refractivity contribution in [3.05, 3.63) is 35.5 Å². The second kappa shape index (κ2) is 16.5. The molecule has 0 atom stereocenters. The van der Waals surface area contributed by atoms with E-state index >= 15 is 0 Å². The summed E-state index contributed by atoms with van der Waals surface area (Å²) in [7, 11) is 0. The van der Waals surface area contributed by atoms with Gasteiger partial charge in [-0.15, -0.1) is 17.3 Å². The molecule has 0 aromatic rings. The zero-order chi connectivity index (χ0) is 32.6. The summed E-state index contributed by atoms with van der Waals surface area (Å²) < 4.78 is 0. The first kappa shape index (κ1) is 45.9. The number of rotatable bonds is 3. The quantitative estimate of drug-likeness (QED) is 0.275. The number of ketones is 3. The summed E-state index contributed by atoms with van der Waals surface area (Å²) in [6.07, 6.45) is 3.67. The van der Waals surface area contributed by atoms with E-state index in [0.717, 1.165) is 0 Å². The predicted molar refractivity (Wildman–Crippen MR) is 156 cm³/mol. The minimum Gasteiger partial charge on any atom is -0.875 e. The third-order valence-electron chi connectivity index (χ3n) is 5.22. The molecule has 40 heavy (non-hydrogen) atoms. The van der Waals surface area contributed by atoms with Gasteiger partial charge in [0.2, 0.25) is 0 Å². The van der Waals surface area contributed by atoms with E-state index < -0.39 is 32.5 Å². The maximum absolute atomic E-state index is 11.4. The largest absolute Gasteiger partial charge is 3.00 e. The van der Waals surface area contributed by atoms with Crippen LogP contribution in [0, 0.1) is 71.1 Å². The van der Waals surface area contributed by atoms with Gasteiger partial charge in [-0.05, 0) is 34.5 Å². The van der Waals surface area contributed by atoms with Gasteiger partial charge < -0.3 is 15.3 Å². The van der Waals surface area contributed by atoms with Gasteiger partial charge in [-0.1, -0.05) is 125 Å². The molecular formula is C33H57O6Tb. The standard InChI is InChI=1S/3C11H20O2.Tb/c3*1-10(2,3)8(12)7-9(13)11(4,5)6;/h3*7,12H,1-6H3;/q;;;+3/p-3/b3*8-7-;.